The van der Waals surface area contributed by atoms with Gasteiger partial charge in [0.25, 0.3) is 0 Å². The van der Waals surface area contributed by atoms with E-state index >= 15 is 0 Å². The van der Waals surface area contributed by atoms with Crippen molar-refractivity contribution in [3.05, 3.63) is 24.3 Å². The molecule has 1 saturated carbocycles. The molecule has 0 aromatic carbocycles. The van der Waals surface area contributed by atoms with Crippen molar-refractivity contribution >= 4 is 27.8 Å². The number of thiazole rings is 1. The van der Waals surface area contributed by atoms with E-state index in [1.54, 1.807) is 29.9 Å². The zero-order valence-corrected chi connectivity index (χ0v) is 12.0. The van der Waals surface area contributed by atoms with Crippen LogP contribution in [0.15, 0.2) is 18.6 Å². The van der Waals surface area contributed by atoms with Gasteiger partial charge < -0.3 is 5.73 Å². The summed E-state index contributed by atoms with van der Waals surface area (Å²) in [6.45, 7) is 0. The van der Waals surface area contributed by atoms with Crippen molar-refractivity contribution < 1.29 is 0 Å². The summed E-state index contributed by atoms with van der Waals surface area (Å²) in [5.74, 6) is 0.539. The molecule has 0 amide bonds. The van der Waals surface area contributed by atoms with Gasteiger partial charge in [-0.15, -0.1) is 21.5 Å². The van der Waals surface area contributed by atoms with Gasteiger partial charge >= 0.3 is 0 Å². The zero-order valence-electron chi connectivity index (χ0n) is 10.4. The van der Waals surface area contributed by atoms with Crippen LogP contribution < -0.4 is 5.73 Å². The van der Waals surface area contributed by atoms with Crippen molar-refractivity contribution in [1.29, 1.82) is 0 Å². The van der Waals surface area contributed by atoms with Gasteiger partial charge in [0.1, 0.15) is 10.7 Å². The highest BCUT2D eigenvalue weighted by Crippen LogP contribution is 2.48. The third kappa shape index (κ3) is 2.06. The van der Waals surface area contributed by atoms with Gasteiger partial charge in [0, 0.05) is 18.3 Å². The van der Waals surface area contributed by atoms with Crippen LogP contribution in [-0.4, -0.2) is 25.1 Å². The van der Waals surface area contributed by atoms with Gasteiger partial charge in [-0.1, -0.05) is 11.3 Å². The lowest BCUT2D eigenvalue weighted by Crippen LogP contribution is -1.86. The van der Waals surface area contributed by atoms with Crippen molar-refractivity contribution in [2.45, 2.75) is 18.8 Å². The van der Waals surface area contributed by atoms with Crippen LogP contribution in [0.5, 0.6) is 0 Å². The fraction of sp³-hybridized carbons (Fsp3) is 0.250. The Morgan fingerprint density at radius 2 is 2.00 bits per heavy atom. The average molecular weight is 302 g/mol. The van der Waals surface area contributed by atoms with E-state index in [1.807, 2.05) is 0 Å². The number of nitrogen functional groups attached to an aromatic ring is 1. The lowest BCUT2D eigenvalue weighted by Gasteiger charge is -1.93. The smallest absolute Gasteiger partial charge is 0.203 e. The second-order valence-corrected chi connectivity index (χ2v) is 6.55. The first-order chi connectivity index (χ1) is 9.81. The first-order valence-corrected chi connectivity index (χ1v) is 7.81. The monoisotopic (exact) mass is 302 g/mol. The summed E-state index contributed by atoms with van der Waals surface area (Å²) in [5, 5.41) is 10.2. The van der Waals surface area contributed by atoms with Crippen LogP contribution in [0.4, 0.5) is 5.13 Å². The predicted molar refractivity (Wildman–Crippen MR) is 78.4 cm³/mol. The van der Waals surface area contributed by atoms with E-state index < -0.39 is 0 Å². The summed E-state index contributed by atoms with van der Waals surface area (Å²) in [5.41, 5.74) is 7.58. The van der Waals surface area contributed by atoms with Crippen molar-refractivity contribution in [1.82, 2.24) is 25.1 Å². The minimum absolute atomic E-state index is 0.483. The zero-order chi connectivity index (χ0) is 13.5. The fourth-order valence-corrected chi connectivity index (χ4v) is 3.77. The quantitative estimate of drug-likeness (QED) is 0.799. The second-order valence-electron chi connectivity index (χ2n) is 4.54. The Bertz CT molecular complexity index is 746. The number of anilines is 1. The molecule has 20 heavy (non-hydrogen) atoms. The highest BCUT2D eigenvalue weighted by molar-refractivity contribution is 7.24. The van der Waals surface area contributed by atoms with Gasteiger partial charge in [-0.2, -0.15) is 0 Å². The standard InChI is InChI=1S/C12H10N6S2/c13-12-18-17-11(20-12)9-8(6-1-2-6)16-10(19-9)7-5-14-3-4-15-7/h3-6H,1-2H2,(H2,13,18). The second kappa shape index (κ2) is 4.57. The van der Waals surface area contributed by atoms with E-state index in [4.69, 9.17) is 10.7 Å². The molecule has 0 atom stereocenters. The van der Waals surface area contributed by atoms with Gasteiger partial charge in [-0.25, -0.2) is 4.98 Å². The molecule has 3 aromatic rings. The molecule has 8 heteroatoms. The highest BCUT2D eigenvalue weighted by Gasteiger charge is 2.31. The van der Waals surface area contributed by atoms with Crippen molar-refractivity contribution in [2.75, 3.05) is 5.73 Å². The maximum atomic E-state index is 5.68. The number of aromatic nitrogens is 5. The van der Waals surface area contributed by atoms with Crippen LogP contribution in [0.3, 0.4) is 0 Å². The molecule has 0 radical (unpaired) electrons. The van der Waals surface area contributed by atoms with Gasteiger partial charge in [-0.05, 0) is 12.8 Å². The first-order valence-electron chi connectivity index (χ1n) is 6.17. The maximum Gasteiger partial charge on any atom is 0.203 e. The molecule has 0 unspecified atom stereocenters. The Morgan fingerprint density at radius 1 is 1.10 bits per heavy atom. The van der Waals surface area contributed by atoms with E-state index in [0.717, 1.165) is 26.3 Å². The van der Waals surface area contributed by atoms with E-state index in [2.05, 4.69) is 20.2 Å². The number of rotatable bonds is 3. The number of hydrogen-bond acceptors (Lipinski definition) is 8. The van der Waals surface area contributed by atoms with Crippen LogP contribution in [0.25, 0.3) is 20.6 Å². The summed E-state index contributed by atoms with van der Waals surface area (Å²) in [7, 11) is 0. The summed E-state index contributed by atoms with van der Waals surface area (Å²) >= 11 is 2.98. The summed E-state index contributed by atoms with van der Waals surface area (Å²) < 4.78 is 0. The minimum Gasteiger partial charge on any atom is -0.374 e. The lowest BCUT2D eigenvalue weighted by molar-refractivity contribution is 1.04. The summed E-state index contributed by atoms with van der Waals surface area (Å²) in [6, 6.07) is 0. The molecular formula is C12H10N6S2. The summed E-state index contributed by atoms with van der Waals surface area (Å²) in [4.78, 5) is 14.2. The van der Waals surface area contributed by atoms with Gasteiger partial charge in [0.15, 0.2) is 5.01 Å². The van der Waals surface area contributed by atoms with Crippen LogP contribution in [0.2, 0.25) is 0 Å². The fourth-order valence-electron chi connectivity index (χ4n) is 1.96. The Kier molecular flexibility index (Phi) is 2.71. The molecule has 3 aromatic heterocycles. The SMILES string of the molecule is Nc1nnc(-c2sc(-c3cnccn3)nc2C2CC2)s1. The van der Waals surface area contributed by atoms with Crippen LogP contribution in [0.1, 0.15) is 24.5 Å². The Balaban J connectivity index is 1.83. The third-order valence-corrected chi connectivity index (χ3v) is 5.03. The molecule has 1 fully saturated rings. The first kappa shape index (κ1) is 11.9. The van der Waals surface area contributed by atoms with Crippen LogP contribution in [-0.2, 0) is 0 Å². The molecule has 0 bridgehead atoms. The number of nitrogens with zero attached hydrogens (tertiary/aromatic N) is 5. The van der Waals surface area contributed by atoms with Crippen molar-refractivity contribution in [3.63, 3.8) is 0 Å². The Morgan fingerprint density at radius 3 is 2.65 bits per heavy atom. The topological polar surface area (TPSA) is 90.5 Å². The predicted octanol–water partition coefficient (Wildman–Crippen LogP) is 2.58. The van der Waals surface area contributed by atoms with Gasteiger partial charge in [0.05, 0.1) is 16.8 Å². The maximum absolute atomic E-state index is 5.68. The molecule has 0 spiro atoms. The lowest BCUT2D eigenvalue weighted by atomic mass is 10.2. The van der Waals surface area contributed by atoms with Gasteiger partial charge in [-0.3, -0.25) is 9.97 Å². The average Bonchev–Trinajstić information content (AvgIpc) is 3.08. The molecule has 6 nitrogen and oxygen atoms in total. The molecule has 1 aliphatic carbocycles. The molecule has 4 rings (SSSR count). The van der Waals surface area contributed by atoms with Crippen LogP contribution >= 0.6 is 22.7 Å². The number of nitrogens with two attached hydrogens (primary N) is 1. The molecule has 1 aliphatic rings. The largest absolute Gasteiger partial charge is 0.374 e. The van der Waals surface area contributed by atoms with Crippen LogP contribution in [0, 0.1) is 0 Å². The van der Waals surface area contributed by atoms with Gasteiger partial charge in [0.2, 0.25) is 5.13 Å². The Hall–Kier alpha value is -1.93. The molecular weight excluding hydrogens is 292 g/mol. The van der Waals surface area contributed by atoms with Crippen molar-refractivity contribution in [2.24, 2.45) is 0 Å². The minimum atomic E-state index is 0.483. The normalized spacial score (nSPS) is 14.6. The molecule has 0 saturated heterocycles. The number of hydrogen-bond donors (Lipinski definition) is 1. The van der Waals surface area contributed by atoms with E-state index in [1.165, 1.54) is 24.2 Å². The summed E-state index contributed by atoms with van der Waals surface area (Å²) in [6.07, 6.45) is 7.44. The van der Waals surface area contributed by atoms with E-state index in [9.17, 15) is 0 Å². The van der Waals surface area contributed by atoms with E-state index in [-0.39, 0.29) is 0 Å². The molecule has 3 heterocycles. The molecule has 2 N–H and O–H groups in total. The molecule has 0 aliphatic heterocycles. The van der Waals surface area contributed by atoms with E-state index in [0.29, 0.717) is 11.0 Å². The third-order valence-electron chi connectivity index (χ3n) is 3.03. The highest BCUT2D eigenvalue weighted by atomic mass is 32.1. The van der Waals surface area contributed by atoms with Crippen molar-refractivity contribution in [3.8, 4) is 20.6 Å². The Labute approximate surface area is 122 Å². The molecule has 100 valence electrons.